The van der Waals surface area contributed by atoms with Gasteiger partial charge in [-0.05, 0) is 63.7 Å². The monoisotopic (exact) mass is 847 g/mol. The smallest absolute Gasteiger partial charge is 0.293 e. The molecule has 0 radical (unpaired) electrons. The molecule has 0 aliphatic heterocycles. The van der Waals surface area contributed by atoms with Crippen LogP contribution in [0.3, 0.4) is 0 Å². The fourth-order valence-corrected chi connectivity index (χ4v) is 8.88. The van der Waals surface area contributed by atoms with Gasteiger partial charge in [-0.25, -0.2) is 5.43 Å². The quantitative estimate of drug-likeness (QED) is 0.0376. The van der Waals surface area contributed by atoms with Crippen LogP contribution in [0, 0.1) is 5.92 Å². The van der Waals surface area contributed by atoms with Crippen molar-refractivity contribution in [1.82, 2.24) is 10.4 Å². The molecular formula is C55H110N2O3. The largest absolute Gasteiger partial charge is 0.465 e. The summed E-state index contributed by atoms with van der Waals surface area (Å²) < 4.78 is 5.12. The maximum Gasteiger partial charge on any atom is 0.293 e. The number of allylic oxidation sites excluding steroid dienone is 1. The molecule has 0 aliphatic carbocycles. The second-order valence-corrected chi connectivity index (χ2v) is 18.7. The number of Topliss-reactive ketones (excluding diaryl/α,β-unsaturated/α-hetero) is 1. The first kappa shape index (κ1) is 60.7. The summed E-state index contributed by atoms with van der Waals surface area (Å²) in [5.74, 6) is 1.17. The summed E-state index contributed by atoms with van der Waals surface area (Å²) in [5.41, 5.74) is 4.85. The molecular weight excluding hydrogens is 737 g/mol. The number of hydrogen-bond acceptors (Lipinski definition) is 5. The van der Waals surface area contributed by atoms with Crippen molar-refractivity contribution in [2.75, 3.05) is 7.05 Å². The van der Waals surface area contributed by atoms with E-state index in [0.29, 0.717) is 24.2 Å². The molecule has 0 aromatic carbocycles. The molecule has 0 bridgehead atoms. The minimum atomic E-state index is 0.172. The third kappa shape index (κ3) is 42.0. The fraction of sp³-hybridized carbons (Fsp3) is 0.927. The lowest BCUT2D eigenvalue weighted by atomic mass is 9.89. The average molecular weight is 847 g/mol. The molecule has 0 amide bonds. The number of carbonyl (C=O) groups excluding carboxylic acids is 2. The van der Waals surface area contributed by atoms with Crippen molar-refractivity contribution in [2.45, 2.75) is 317 Å². The molecule has 358 valence electrons. The number of nitrogens with one attached hydrogen (secondary N) is 1. The topological polar surface area (TPSA) is 58.6 Å². The first-order valence-corrected chi connectivity index (χ1v) is 27.1. The normalized spacial score (nSPS) is 12.3. The molecule has 60 heavy (non-hydrogen) atoms. The SMILES string of the molecule is C=C(CCCCCCCC)N(NC)C(CCCCCCCCC)CCCCCCCCC(=O)CC(CCCC)CCCCC.CCCCCCC(CCCCCC)OC=O. The Morgan fingerprint density at radius 3 is 1.28 bits per heavy atom. The highest BCUT2D eigenvalue weighted by Gasteiger charge is 2.19. The molecule has 0 aromatic heterocycles. The van der Waals surface area contributed by atoms with Crippen LogP contribution in [-0.4, -0.2) is 36.5 Å². The van der Waals surface area contributed by atoms with Crippen LogP contribution in [0.4, 0.5) is 0 Å². The van der Waals surface area contributed by atoms with Crippen molar-refractivity contribution in [3.8, 4) is 0 Å². The van der Waals surface area contributed by atoms with Gasteiger partial charge in [-0.1, -0.05) is 241 Å². The van der Waals surface area contributed by atoms with Crippen LogP contribution in [0.1, 0.15) is 305 Å². The molecule has 0 aliphatic rings. The van der Waals surface area contributed by atoms with Crippen molar-refractivity contribution in [3.05, 3.63) is 12.3 Å². The molecule has 0 heterocycles. The average Bonchev–Trinajstić information content (AvgIpc) is 3.25. The van der Waals surface area contributed by atoms with Gasteiger partial charge in [0.15, 0.2) is 0 Å². The number of rotatable bonds is 48. The highest BCUT2D eigenvalue weighted by atomic mass is 16.5. The molecule has 5 heteroatoms. The summed E-state index contributed by atoms with van der Waals surface area (Å²) in [4.78, 5) is 23.1. The molecule has 0 spiro atoms. The molecule has 2 unspecified atom stereocenters. The van der Waals surface area contributed by atoms with Crippen molar-refractivity contribution in [3.63, 3.8) is 0 Å². The summed E-state index contributed by atoms with van der Waals surface area (Å²) >= 11 is 0. The highest BCUT2D eigenvalue weighted by Crippen LogP contribution is 2.25. The van der Waals surface area contributed by atoms with Crippen LogP contribution < -0.4 is 5.43 Å². The van der Waals surface area contributed by atoms with Gasteiger partial charge < -0.3 is 9.75 Å². The number of hydrogen-bond donors (Lipinski definition) is 1. The zero-order valence-electron chi connectivity index (χ0n) is 42.2. The van der Waals surface area contributed by atoms with Crippen LogP contribution in [0.5, 0.6) is 0 Å². The lowest BCUT2D eigenvalue weighted by Crippen LogP contribution is -2.42. The van der Waals surface area contributed by atoms with E-state index in [0.717, 1.165) is 38.5 Å². The fourth-order valence-electron chi connectivity index (χ4n) is 8.88. The number of unbranched alkanes of at least 4 members (excludes halogenated alkanes) is 25. The Kier molecular flexibility index (Phi) is 50.9. The van der Waals surface area contributed by atoms with Gasteiger partial charge in [0.05, 0.1) is 0 Å². The maximum absolute atomic E-state index is 12.7. The Morgan fingerprint density at radius 2 is 0.833 bits per heavy atom. The van der Waals surface area contributed by atoms with Crippen LogP contribution >= 0.6 is 0 Å². The van der Waals surface area contributed by atoms with E-state index < -0.39 is 0 Å². The Bertz CT molecular complexity index is 866. The Hall–Kier alpha value is -1.36. The van der Waals surface area contributed by atoms with Crippen LogP contribution in [0.25, 0.3) is 0 Å². The first-order valence-electron chi connectivity index (χ1n) is 27.1. The summed E-state index contributed by atoms with van der Waals surface area (Å²) in [7, 11) is 2.10. The third-order valence-electron chi connectivity index (χ3n) is 12.9. The second-order valence-electron chi connectivity index (χ2n) is 18.7. The van der Waals surface area contributed by atoms with Crippen molar-refractivity contribution >= 4 is 12.3 Å². The minimum absolute atomic E-state index is 0.172. The van der Waals surface area contributed by atoms with Gasteiger partial charge in [0.25, 0.3) is 6.47 Å². The van der Waals surface area contributed by atoms with E-state index in [1.165, 1.54) is 230 Å². The second kappa shape index (κ2) is 50.3. The molecule has 0 saturated carbocycles. The van der Waals surface area contributed by atoms with E-state index in [4.69, 9.17) is 4.74 Å². The summed E-state index contributed by atoms with van der Waals surface area (Å²) in [6.45, 7) is 18.7. The van der Waals surface area contributed by atoms with E-state index in [2.05, 4.69) is 65.6 Å². The van der Waals surface area contributed by atoms with Gasteiger partial charge in [0.2, 0.25) is 0 Å². The van der Waals surface area contributed by atoms with Crippen LogP contribution in [0.2, 0.25) is 0 Å². The van der Waals surface area contributed by atoms with E-state index in [9.17, 15) is 9.59 Å². The van der Waals surface area contributed by atoms with Gasteiger partial charge in [0.1, 0.15) is 11.9 Å². The summed E-state index contributed by atoms with van der Waals surface area (Å²) in [6.07, 6.45) is 51.8. The molecule has 5 nitrogen and oxygen atoms in total. The first-order chi connectivity index (χ1) is 29.4. The maximum atomic E-state index is 12.7. The molecule has 1 N–H and O–H groups in total. The number of ether oxygens (including phenoxy) is 1. The molecule has 0 saturated heterocycles. The lowest BCUT2D eigenvalue weighted by molar-refractivity contribution is -0.134. The highest BCUT2D eigenvalue weighted by molar-refractivity contribution is 5.78. The Morgan fingerprint density at radius 1 is 0.483 bits per heavy atom. The number of nitrogens with zero attached hydrogens (tertiary/aromatic N) is 1. The number of ketones is 1. The number of hydrazine groups is 1. The van der Waals surface area contributed by atoms with E-state index in [1.54, 1.807) is 0 Å². The summed E-state index contributed by atoms with van der Waals surface area (Å²) in [5, 5.41) is 2.45. The molecule has 0 rings (SSSR count). The van der Waals surface area contributed by atoms with Crippen molar-refractivity contribution in [1.29, 1.82) is 0 Å². The van der Waals surface area contributed by atoms with E-state index in [1.807, 2.05) is 0 Å². The van der Waals surface area contributed by atoms with E-state index >= 15 is 0 Å². The Labute approximate surface area is 377 Å². The minimum Gasteiger partial charge on any atom is -0.465 e. The lowest BCUT2D eigenvalue weighted by Gasteiger charge is -2.35. The Balaban J connectivity index is 0. The molecule has 2 atom stereocenters. The van der Waals surface area contributed by atoms with Gasteiger partial charge >= 0.3 is 0 Å². The van der Waals surface area contributed by atoms with Crippen LogP contribution in [-0.2, 0) is 14.3 Å². The van der Waals surface area contributed by atoms with Gasteiger partial charge in [-0.3, -0.25) is 9.59 Å². The number of carbonyl (C=O) groups is 2. The van der Waals surface area contributed by atoms with Gasteiger partial charge in [-0.2, -0.15) is 0 Å². The standard InChI is InChI=1S/C41H82N2O.C14H28O2/c1-7-11-15-17-19-23-28-34-40(43(42-6)38(5)31-27-22-18-16-12-8-2)35-29-24-20-21-25-30-36-41(44)37-39(32-14-10-4)33-26-13-9-3;1-3-5-7-9-11-14(16-13-15)12-10-8-6-4-2/h39-40,42H,5,7-37H2,1-4,6H3;13-14H,3-12H2,1-2H3. The van der Waals surface area contributed by atoms with Crippen molar-refractivity contribution in [2.24, 2.45) is 5.92 Å². The third-order valence-corrected chi connectivity index (χ3v) is 12.9. The van der Waals surface area contributed by atoms with E-state index in [-0.39, 0.29) is 6.10 Å². The summed E-state index contributed by atoms with van der Waals surface area (Å²) in [6, 6.07) is 0.568. The predicted octanol–water partition coefficient (Wildman–Crippen LogP) is 18.1. The van der Waals surface area contributed by atoms with Gasteiger partial charge in [0, 0.05) is 31.6 Å². The zero-order chi connectivity index (χ0) is 44.6. The zero-order valence-corrected chi connectivity index (χ0v) is 42.2. The van der Waals surface area contributed by atoms with Crippen molar-refractivity contribution < 1.29 is 14.3 Å². The molecule has 0 fully saturated rings. The van der Waals surface area contributed by atoms with Crippen LogP contribution in [0.15, 0.2) is 12.3 Å². The van der Waals surface area contributed by atoms with Gasteiger partial charge in [-0.15, -0.1) is 0 Å². The molecule has 0 aromatic rings. The predicted molar refractivity (Wildman–Crippen MR) is 267 cm³/mol.